The Morgan fingerprint density at radius 1 is 1.33 bits per heavy atom. The molecule has 0 aromatic heterocycles. The van der Waals surface area contributed by atoms with Crippen LogP contribution in [-0.2, 0) is 9.59 Å². The molecule has 0 aliphatic carbocycles. The zero-order valence-electron chi connectivity index (χ0n) is 9.03. The number of nitrogens with one attached hydrogen (secondary N) is 1. The first-order valence-electron chi connectivity index (χ1n) is 5.42. The summed E-state index contributed by atoms with van der Waals surface area (Å²) in [5.41, 5.74) is 0. The number of carbonyl (C=O) groups is 2. The summed E-state index contributed by atoms with van der Waals surface area (Å²) < 4.78 is 0. The molecular formula is C10H17N3O2. The molecule has 1 N–H and O–H groups in total. The van der Waals surface area contributed by atoms with Gasteiger partial charge in [0.2, 0.25) is 11.8 Å². The van der Waals surface area contributed by atoms with Crippen molar-refractivity contribution in [3.63, 3.8) is 0 Å². The van der Waals surface area contributed by atoms with Gasteiger partial charge in [-0.05, 0) is 26.4 Å². The van der Waals surface area contributed by atoms with Gasteiger partial charge in [0.15, 0.2) is 0 Å². The van der Waals surface area contributed by atoms with E-state index in [1.54, 1.807) is 0 Å². The van der Waals surface area contributed by atoms with Gasteiger partial charge in [-0.15, -0.1) is 0 Å². The third-order valence-corrected chi connectivity index (χ3v) is 3.22. The monoisotopic (exact) mass is 211 g/mol. The summed E-state index contributed by atoms with van der Waals surface area (Å²) in [5.74, 6) is -0.182. The van der Waals surface area contributed by atoms with Crippen molar-refractivity contribution in [3.8, 4) is 0 Å². The van der Waals surface area contributed by atoms with Crippen LogP contribution in [0.15, 0.2) is 0 Å². The predicted molar refractivity (Wildman–Crippen MR) is 55.2 cm³/mol. The van der Waals surface area contributed by atoms with Crippen molar-refractivity contribution >= 4 is 11.8 Å². The van der Waals surface area contributed by atoms with E-state index in [4.69, 9.17) is 0 Å². The maximum absolute atomic E-state index is 11.5. The van der Waals surface area contributed by atoms with E-state index < -0.39 is 0 Å². The van der Waals surface area contributed by atoms with Crippen LogP contribution in [-0.4, -0.2) is 60.9 Å². The van der Waals surface area contributed by atoms with Crippen molar-refractivity contribution < 1.29 is 9.59 Å². The first kappa shape index (κ1) is 10.6. The second-order valence-electron chi connectivity index (χ2n) is 4.28. The number of hydrogen-bond donors (Lipinski definition) is 1. The highest BCUT2D eigenvalue weighted by atomic mass is 16.2. The molecule has 2 fully saturated rings. The normalized spacial score (nSPS) is 28.9. The Bertz CT molecular complexity index is 264. The molecule has 0 aromatic rings. The third kappa shape index (κ3) is 2.18. The van der Waals surface area contributed by atoms with Crippen LogP contribution in [0.5, 0.6) is 0 Å². The summed E-state index contributed by atoms with van der Waals surface area (Å²) in [6, 6.07) is 0.357. The first-order chi connectivity index (χ1) is 7.18. The highest BCUT2D eigenvalue weighted by Crippen LogP contribution is 2.16. The average Bonchev–Trinajstić information content (AvgIpc) is 2.58. The van der Waals surface area contributed by atoms with E-state index in [0.29, 0.717) is 25.7 Å². The molecule has 0 bridgehead atoms. The van der Waals surface area contributed by atoms with Gasteiger partial charge < -0.3 is 4.90 Å². The number of rotatable bonds is 2. The molecule has 5 heteroatoms. The van der Waals surface area contributed by atoms with Gasteiger partial charge in [-0.2, -0.15) is 0 Å². The Morgan fingerprint density at radius 3 is 2.53 bits per heavy atom. The fourth-order valence-corrected chi connectivity index (χ4v) is 2.23. The summed E-state index contributed by atoms with van der Waals surface area (Å²) in [5, 5.41) is 2.80. The van der Waals surface area contributed by atoms with Crippen LogP contribution >= 0.6 is 0 Å². The SMILES string of the molecule is CN1CCCC1CN1C(=O)CNCC1=O. The third-order valence-electron chi connectivity index (χ3n) is 3.22. The van der Waals surface area contributed by atoms with Crippen molar-refractivity contribution in [1.82, 2.24) is 15.1 Å². The Labute approximate surface area is 89.4 Å². The Balaban J connectivity index is 1.97. The number of imide groups is 1. The number of nitrogens with zero attached hydrogens (tertiary/aromatic N) is 2. The lowest BCUT2D eigenvalue weighted by Gasteiger charge is -2.30. The first-order valence-corrected chi connectivity index (χ1v) is 5.42. The van der Waals surface area contributed by atoms with Crippen LogP contribution in [0.25, 0.3) is 0 Å². The highest BCUT2D eigenvalue weighted by Gasteiger charge is 2.30. The molecule has 1 unspecified atom stereocenters. The van der Waals surface area contributed by atoms with Gasteiger partial charge in [0.05, 0.1) is 13.1 Å². The largest absolute Gasteiger partial charge is 0.302 e. The van der Waals surface area contributed by atoms with Gasteiger partial charge in [-0.3, -0.25) is 19.8 Å². The van der Waals surface area contributed by atoms with Crippen molar-refractivity contribution in [2.45, 2.75) is 18.9 Å². The van der Waals surface area contributed by atoms with E-state index in [9.17, 15) is 9.59 Å². The zero-order valence-corrected chi connectivity index (χ0v) is 9.03. The maximum Gasteiger partial charge on any atom is 0.243 e. The van der Waals surface area contributed by atoms with Gasteiger partial charge in [0.1, 0.15) is 0 Å². The van der Waals surface area contributed by atoms with Gasteiger partial charge in [0.25, 0.3) is 0 Å². The Kier molecular flexibility index (Phi) is 3.02. The quantitative estimate of drug-likeness (QED) is 0.598. The van der Waals surface area contributed by atoms with E-state index in [-0.39, 0.29) is 11.8 Å². The van der Waals surface area contributed by atoms with Crippen LogP contribution in [0.1, 0.15) is 12.8 Å². The van der Waals surface area contributed by atoms with Gasteiger partial charge in [-0.25, -0.2) is 0 Å². The number of amides is 2. The molecular weight excluding hydrogens is 194 g/mol. The minimum Gasteiger partial charge on any atom is -0.302 e. The lowest BCUT2D eigenvalue weighted by atomic mass is 10.2. The molecule has 2 saturated heterocycles. The van der Waals surface area contributed by atoms with Crippen LogP contribution in [0.4, 0.5) is 0 Å². The van der Waals surface area contributed by atoms with Gasteiger partial charge in [0, 0.05) is 12.6 Å². The summed E-state index contributed by atoms with van der Waals surface area (Å²) in [6.45, 7) is 2.22. The van der Waals surface area contributed by atoms with E-state index in [1.807, 2.05) is 0 Å². The molecule has 2 amide bonds. The molecule has 2 aliphatic rings. The topological polar surface area (TPSA) is 52.6 Å². The fourth-order valence-electron chi connectivity index (χ4n) is 2.23. The average molecular weight is 211 g/mol. The van der Waals surface area contributed by atoms with Crippen molar-refractivity contribution in [2.75, 3.05) is 33.2 Å². The summed E-state index contributed by atoms with van der Waals surface area (Å²) in [7, 11) is 2.05. The van der Waals surface area contributed by atoms with Crippen LogP contribution in [0.3, 0.4) is 0 Å². The minimum atomic E-state index is -0.0912. The number of piperazine rings is 1. The number of likely N-dealkylation sites (tertiary alicyclic amines) is 1. The molecule has 2 aliphatic heterocycles. The van der Waals surface area contributed by atoms with E-state index in [0.717, 1.165) is 19.4 Å². The second-order valence-corrected chi connectivity index (χ2v) is 4.28. The minimum absolute atomic E-state index is 0.0912. The summed E-state index contributed by atoms with van der Waals surface area (Å²) in [6.07, 6.45) is 2.25. The summed E-state index contributed by atoms with van der Waals surface area (Å²) in [4.78, 5) is 26.7. The van der Waals surface area contributed by atoms with E-state index in [2.05, 4.69) is 17.3 Å². The number of likely N-dealkylation sites (N-methyl/N-ethyl adjacent to an activating group) is 1. The van der Waals surface area contributed by atoms with Gasteiger partial charge in [-0.1, -0.05) is 0 Å². The van der Waals surface area contributed by atoms with E-state index in [1.165, 1.54) is 4.90 Å². The highest BCUT2D eigenvalue weighted by molar-refractivity contribution is 5.99. The predicted octanol–water partition coefficient (Wildman–Crippen LogP) is -0.961. The van der Waals surface area contributed by atoms with Crippen molar-refractivity contribution in [2.24, 2.45) is 0 Å². The zero-order chi connectivity index (χ0) is 10.8. The smallest absolute Gasteiger partial charge is 0.243 e. The van der Waals surface area contributed by atoms with Crippen LogP contribution in [0.2, 0.25) is 0 Å². The van der Waals surface area contributed by atoms with Crippen molar-refractivity contribution in [3.05, 3.63) is 0 Å². The lowest BCUT2D eigenvalue weighted by Crippen LogP contribution is -2.55. The van der Waals surface area contributed by atoms with Crippen LogP contribution < -0.4 is 5.32 Å². The molecule has 1 atom stereocenters. The molecule has 0 radical (unpaired) electrons. The Morgan fingerprint density at radius 2 is 2.00 bits per heavy atom. The van der Waals surface area contributed by atoms with Gasteiger partial charge >= 0.3 is 0 Å². The molecule has 2 heterocycles. The lowest BCUT2D eigenvalue weighted by molar-refractivity contribution is -0.147. The molecule has 0 saturated carbocycles. The molecule has 0 aromatic carbocycles. The molecule has 15 heavy (non-hydrogen) atoms. The molecule has 84 valence electrons. The standard InChI is InChI=1S/C10H17N3O2/c1-12-4-2-3-8(12)7-13-9(14)5-11-6-10(13)15/h8,11H,2-7H2,1H3. The maximum atomic E-state index is 11.5. The summed E-state index contributed by atoms with van der Waals surface area (Å²) >= 11 is 0. The Hall–Kier alpha value is -0.940. The second kappa shape index (κ2) is 4.28. The molecule has 2 rings (SSSR count). The van der Waals surface area contributed by atoms with E-state index >= 15 is 0 Å². The molecule has 5 nitrogen and oxygen atoms in total. The fraction of sp³-hybridized carbons (Fsp3) is 0.800. The van der Waals surface area contributed by atoms with Crippen molar-refractivity contribution in [1.29, 1.82) is 0 Å². The van der Waals surface area contributed by atoms with Crippen LogP contribution in [0, 0.1) is 0 Å². The molecule has 0 spiro atoms. The number of hydrogen-bond acceptors (Lipinski definition) is 4. The number of carbonyl (C=O) groups excluding carboxylic acids is 2.